The van der Waals surface area contributed by atoms with Gasteiger partial charge >= 0.3 is 0 Å². The topological polar surface area (TPSA) is 26.3 Å². The molecule has 0 saturated carbocycles. The van der Waals surface area contributed by atoms with Crippen LogP contribution in [0.4, 0.5) is 0 Å². The first kappa shape index (κ1) is 12.5. The third-order valence-corrected chi connectivity index (χ3v) is 4.09. The summed E-state index contributed by atoms with van der Waals surface area (Å²) in [6.45, 7) is 1.36. The molecule has 0 amide bonds. The summed E-state index contributed by atoms with van der Waals surface area (Å²) < 4.78 is 7.32. The van der Waals surface area contributed by atoms with Gasteiger partial charge in [0.15, 0.2) is 5.78 Å². The molecule has 86 valence electrons. The average Bonchev–Trinajstić information content (AvgIpc) is 2.32. The van der Waals surface area contributed by atoms with Crippen molar-refractivity contribution in [2.24, 2.45) is 5.92 Å². The highest BCUT2D eigenvalue weighted by molar-refractivity contribution is 14.1. The van der Waals surface area contributed by atoms with Crippen LogP contribution in [0, 0.1) is 9.49 Å². The normalized spacial score (nSPS) is 20.8. The molecule has 1 saturated heterocycles. The summed E-state index contributed by atoms with van der Waals surface area (Å²) >= 11 is 5.65. The van der Waals surface area contributed by atoms with Crippen molar-refractivity contribution in [3.05, 3.63) is 31.8 Å². The summed E-state index contributed by atoms with van der Waals surface area (Å²) in [6, 6.07) is 5.85. The van der Waals surface area contributed by atoms with Gasteiger partial charge in [-0.1, -0.05) is 15.9 Å². The molecule has 0 aliphatic carbocycles. The Labute approximate surface area is 117 Å². The fourth-order valence-electron chi connectivity index (χ4n) is 1.85. The van der Waals surface area contributed by atoms with E-state index in [2.05, 4.69) is 38.5 Å². The van der Waals surface area contributed by atoms with Crippen molar-refractivity contribution in [1.82, 2.24) is 0 Å². The fraction of sp³-hybridized carbons (Fsp3) is 0.417. The third-order valence-electron chi connectivity index (χ3n) is 2.72. The summed E-state index contributed by atoms with van der Waals surface area (Å²) in [6.07, 6.45) is 1.93. The number of ketones is 1. The molecule has 0 bridgehead atoms. The van der Waals surface area contributed by atoms with Crippen LogP contribution in [0.25, 0.3) is 0 Å². The summed E-state index contributed by atoms with van der Waals surface area (Å²) in [5.41, 5.74) is 0.780. The van der Waals surface area contributed by atoms with Crippen molar-refractivity contribution in [2.75, 3.05) is 13.2 Å². The SMILES string of the molecule is O=C(c1cc(I)ccc1Br)C1CCCOC1. The van der Waals surface area contributed by atoms with Gasteiger partial charge in [-0.05, 0) is 53.6 Å². The first-order valence-electron chi connectivity index (χ1n) is 5.25. The average molecular weight is 395 g/mol. The molecule has 1 aromatic carbocycles. The minimum absolute atomic E-state index is 0.0308. The summed E-state index contributed by atoms with van der Waals surface area (Å²) in [4.78, 5) is 12.3. The zero-order valence-electron chi connectivity index (χ0n) is 8.71. The maximum atomic E-state index is 12.3. The zero-order chi connectivity index (χ0) is 11.5. The predicted molar refractivity (Wildman–Crippen MR) is 74.7 cm³/mol. The first-order chi connectivity index (χ1) is 7.68. The lowest BCUT2D eigenvalue weighted by Gasteiger charge is -2.21. The summed E-state index contributed by atoms with van der Waals surface area (Å²) in [7, 11) is 0. The van der Waals surface area contributed by atoms with E-state index in [-0.39, 0.29) is 11.7 Å². The Morgan fingerprint density at radius 3 is 3.00 bits per heavy atom. The Bertz CT molecular complexity index is 400. The fourth-order valence-corrected chi connectivity index (χ4v) is 2.79. The third kappa shape index (κ3) is 2.84. The molecule has 2 nitrogen and oxygen atoms in total. The van der Waals surface area contributed by atoms with Crippen LogP contribution in [0.3, 0.4) is 0 Å². The monoisotopic (exact) mass is 394 g/mol. The first-order valence-corrected chi connectivity index (χ1v) is 7.12. The van der Waals surface area contributed by atoms with Crippen molar-refractivity contribution in [3.63, 3.8) is 0 Å². The summed E-state index contributed by atoms with van der Waals surface area (Å²) in [5, 5.41) is 0. The van der Waals surface area contributed by atoms with Crippen LogP contribution >= 0.6 is 38.5 Å². The number of carbonyl (C=O) groups excluding carboxylic acids is 1. The Balaban J connectivity index is 2.22. The lowest BCUT2D eigenvalue weighted by atomic mass is 9.93. The van der Waals surface area contributed by atoms with Crippen LogP contribution < -0.4 is 0 Å². The standard InChI is InChI=1S/C12H12BrIO2/c13-11-4-3-9(14)6-10(11)12(15)8-2-1-5-16-7-8/h3-4,6,8H,1-2,5,7H2. The molecule has 0 N–H and O–H groups in total. The van der Waals surface area contributed by atoms with Crippen LogP contribution in [0.2, 0.25) is 0 Å². The van der Waals surface area contributed by atoms with E-state index in [0.29, 0.717) is 6.61 Å². The molecule has 0 radical (unpaired) electrons. The van der Waals surface area contributed by atoms with E-state index >= 15 is 0 Å². The van der Waals surface area contributed by atoms with Crippen LogP contribution in [0.15, 0.2) is 22.7 Å². The van der Waals surface area contributed by atoms with Gasteiger partial charge in [-0.3, -0.25) is 4.79 Å². The second-order valence-corrected chi connectivity index (χ2v) is 6.00. The molecular formula is C12H12BrIO2. The zero-order valence-corrected chi connectivity index (χ0v) is 12.5. The van der Waals surface area contributed by atoms with Gasteiger partial charge in [-0.25, -0.2) is 0 Å². The molecule has 1 unspecified atom stereocenters. The Morgan fingerprint density at radius 2 is 2.31 bits per heavy atom. The highest BCUT2D eigenvalue weighted by Crippen LogP contribution is 2.25. The van der Waals surface area contributed by atoms with Crippen LogP contribution in [-0.4, -0.2) is 19.0 Å². The second-order valence-electron chi connectivity index (χ2n) is 3.90. The molecule has 1 aliphatic heterocycles. The van der Waals surface area contributed by atoms with E-state index in [1.807, 2.05) is 18.2 Å². The van der Waals surface area contributed by atoms with E-state index in [4.69, 9.17) is 4.74 Å². The largest absolute Gasteiger partial charge is 0.381 e. The van der Waals surface area contributed by atoms with Crippen molar-refractivity contribution >= 4 is 44.3 Å². The molecule has 0 aromatic heterocycles. The molecule has 1 fully saturated rings. The predicted octanol–water partition coefficient (Wildman–Crippen LogP) is 3.66. The number of halogens is 2. The highest BCUT2D eigenvalue weighted by Gasteiger charge is 2.24. The van der Waals surface area contributed by atoms with E-state index in [1.54, 1.807) is 0 Å². The van der Waals surface area contributed by atoms with Crippen LogP contribution in [0.1, 0.15) is 23.2 Å². The van der Waals surface area contributed by atoms with Gasteiger partial charge in [0.05, 0.1) is 6.61 Å². The van der Waals surface area contributed by atoms with Gasteiger partial charge in [0.2, 0.25) is 0 Å². The number of hydrogen-bond acceptors (Lipinski definition) is 2. The van der Waals surface area contributed by atoms with E-state index in [9.17, 15) is 4.79 Å². The van der Waals surface area contributed by atoms with Gasteiger partial charge in [0.1, 0.15) is 0 Å². The Morgan fingerprint density at radius 1 is 1.50 bits per heavy atom. The molecule has 1 heterocycles. The smallest absolute Gasteiger partial charge is 0.169 e. The molecule has 1 aliphatic rings. The lowest BCUT2D eigenvalue weighted by Crippen LogP contribution is -2.25. The van der Waals surface area contributed by atoms with Crippen molar-refractivity contribution in [2.45, 2.75) is 12.8 Å². The summed E-state index contributed by atoms with van der Waals surface area (Å²) in [5.74, 6) is 0.230. The minimum atomic E-state index is 0.0308. The molecule has 2 rings (SSSR count). The van der Waals surface area contributed by atoms with E-state index in [1.165, 1.54) is 0 Å². The lowest BCUT2D eigenvalue weighted by molar-refractivity contribution is 0.0461. The number of ether oxygens (including phenoxy) is 1. The van der Waals surface area contributed by atoms with Crippen LogP contribution in [0.5, 0.6) is 0 Å². The number of rotatable bonds is 2. The van der Waals surface area contributed by atoms with Gasteiger partial charge in [-0.15, -0.1) is 0 Å². The number of benzene rings is 1. The van der Waals surface area contributed by atoms with Gasteiger partial charge in [0.25, 0.3) is 0 Å². The molecule has 1 aromatic rings. The van der Waals surface area contributed by atoms with E-state index in [0.717, 1.165) is 33.1 Å². The molecule has 0 spiro atoms. The number of carbonyl (C=O) groups is 1. The minimum Gasteiger partial charge on any atom is -0.381 e. The van der Waals surface area contributed by atoms with Crippen molar-refractivity contribution < 1.29 is 9.53 Å². The maximum Gasteiger partial charge on any atom is 0.169 e. The van der Waals surface area contributed by atoms with E-state index < -0.39 is 0 Å². The number of Topliss-reactive ketones (excluding diaryl/α,β-unsaturated/α-hetero) is 1. The number of hydrogen-bond donors (Lipinski definition) is 0. The molecule has 1 atom stereocenters. The van der Waals surface area contributed by atoms with Crippen molar-refractivity contribution in [3.8, 4) is 0 Å². The van der Waals surface area contributed by atoms with Gasteiger partial charge in [0, 0.05) is 26.1 Å². The van der Waals surface area contributed by atoms with Crippen LogP contribution in [-0.2, 0) is 4.74 Å². The maximum absolute atomic E-state index is 12.3. The van der Waals surface area contributed by atoms with Gasteiger partial charge in [-0.2, -0.15) is 0 Å². The molecule has 4 heteroatoms. The second kappa shape index (κ2) is 5.60. The Kier molecular flexibility index (Phi) is 4.38. The van der Waals surface area contributed by atoms with Crippen molar-refractivity contribution in [1.29, 1.82) is 0 Å². The molecule has 16 heavy (non-hydrogen) atoms. The Hall–Kier alpha value is 0.0600. The molecular weight excluding hydrogens is 383 g/mol. The quantitative estimate of drug-likeness (QED) is 0.565. The van der Waals surface area contributed by atoms with Gasteiger partial charge < -0.3 is 4.74 Å². The highest BCUT2D eigenvalue weighted by atomic mass is 127.